The Kier molecular flexibility index (Phi) is 8.30. The summed E-state index contributed by atoms with van der Waals surface area (Å²) in [7, 11) is 2.88. The van der Waals surface area contributed by atoms with Gasteiger partial charge in [-0.25, -0.2) is 14.6 Å². The van der Waals surface area contributed by atoms with Crippen LogP contribution in [0.25, 0.3) is 23.1 Å². The molecule has 0 bridgehead atoms. The number of aromatic nitrogens is 1. The lowest BCUT2D eigenvalue weighted by atomic mass is 9.93. The highest BCUT2D eigenvalue weighted by molar-refractivity contribution is 7.07. The molecule has 3 heterocycles. The molecule has 6 rings (SSSR count). The SMILES string of the molecule is CCOC(=O)C1=C(c2ccccc2)N=c2s/c(=C/c3ccc(-c4ccccc4C(=O)OC)o3)c(=O)n2[C@H]1c1cccc(OC)c1. The summed E-state index contributed by atoms with van der Waals surface area (Å²) in [6, 6.07) is 26.2. The van der Waals surface area contributed by atoms with E-state index in [1.807, 2.05) is 42.5 Å². The van der Waals surface area contributed by atoms with Crippen LogP contribution in [0.4, 0.5) is 0 Å². The van der Waals surface area contributed by atoms with E-state index in [4.69, 9.17) is 23.6 Å². The second kappa shape index (κ2) is 12.6. The minimum absolute atomic E-state index is 0.152. The molecule has 0 unspecified atom stereocenters. The van der Waals surface area contributed by atoms with E-state index in [0.717, 1.165) is 0 Å². The first-order valence-corrected chi connectivity index (χ1v) is 14.9. The van der Waals surface area contributed by atoms with Gasteiger partial charge in [-0.15, -0.1) is 0 Å². The van der Waals surface area contributed by atoms with E-state index in [2.05, 4.69) is 0 Å². The second-order valence-corrected chi connectivity index (χ2v) is 11.0. The highest BCUT2D eigenvalue weighted by atomic mass is 32.1. The predicted octanol–water partition coefficient (Wildman–Crippen LogP) is 4.99. The summed E-state index contributed by atoms with van der Waals surface area (Å²) in [5.74, 6) is 0.371. The van der Waals surface area contributed by atoms with Gasteiger partial charge in [-0.2, -0.15) is 0 Å². The Morgan fingerprint density at radius 2 is 1.73 bits per heavy atom. The number of thiazole rings is 1. The molecule has 3 aromatic carbocycles. The summed E-state index contributed by atoms with van der Waals surface area (Å²) in [5, 5.41) is 0. The lowest BCUT2D eigenvalue weighted by molar-refractivity contribution is -0.138. The van der Waals surface area contributed by atoms with Crippen LogP contribution < -0.4 is 19.6 Å². The van der Waals surface area contributed by atoms with Crippen molar-refractivity contribution in [3.05, 3.63) is 139 Å². The van der Waals surface area contributed by atoms with E-state index in [1.165, 1.54) is 23.0 Å². The zero-order valence-corrected chi connectivity index (χ0v) is 25.5. The fourth-order valence-corrected chi connectivity index (χ4v) is 6.24. The molecule has 1 aliphatic heterocycles. The van der Waals surface area contributed by atoms with Crippen LogP contribution in [0, 0.1) is 0 Å². The van der Waals surface area contributed by atoms with Crippen LogP contribution in [0.2, 0.25) is 0 Å². The Morgan fingerprint density at radius 3 is 2.49 bits per heavy atom. The van der Waals surface area contributed by atoms with Crippen molar-refractivity contribution in [3.63, 3.8) is 0 Å². The van der Waals surface area contributed by atoms with Gasteiger partial charge in [-0.1, -0.05) is 72.0 Å². The third kappa shape index (κ3) is 5.63. The van der Waals surface area contributed by atoms with Gasteiger partial charge >= 0.3 is 11.9 Å². The van der Waals surface area contributed by atoms with E-state index in [-0.39, 0.29) is 17.7 Å². The number of carbonyl (C=O) groups excluding carboxylic acids is 2. The molecule has 0 saturated heterocycles. The zero-order chi connectivity index (χ0) is 31.5. The molecule has 9 nitrogen and oxygen atoms in total. The van der Waals surface area contributed by atoms with E-state index < -0.39 is 18.0 Å². The van der Waals surface area contributed by atoms with E-state index >= 15 is 0 Å². The fourth-order valence-electron chi connectivity index (χ4n) is 5.26. The Balaban J connectivity index is 1.55. The number of methoxy groups -OCH3 is 2. The standard InChI is InChI=1S/C35H28N2O7S/c1-4-43-34(40)29-30(21-11-6-5-7-12-21)36-35-37(31(29)22-13-10-14-23(19-22)41-2)32(38)28(45-35)20-24-17-18-27(44-24)25-15-8-9-16-26(25)33(39)42-3/h5-20,31H,4H2,1-3H3/b28-20+/t31-/m0/s1. The van der Waals surface area contributed by atoms with Gasteiger partial charge in [-0.05, 0) is 42.8 Å². The number of hydrogen-bond acceptors (Lipinski definition) is 9. The monoisotopic (exact) mass is 620 g/mol. The molecule has 45 heavy (non-hydrogen) atoms. The van der Waals surface area contributed by atoms with Crippen molar-refractivity contribution in [2.75, 3.05) is 20.8 Å². The third-order valence-corrected chi connectivity index (χ3v) is 8.26. The van der Waals surface area contributed by atoms with Gasteiger partial charge in [-0.3, -0.25) is 9.36 Å². The van der Waals surface area contributed by atoms with Gasteiger partial charge < -0.3 is 18.6 Å². The summed E-state index contributed by atoms with van der Waals surface area (Å²) in [6.07, 6.45) is 1.63. The van der Waals surface area contributed by atoms with Crippen LogP contribution in [0.5, 0.6) is 5.75 Å². The Bertz CT molecular complexity index is 2120. The molecule has 10 heteroatoms. The summed E-state index contributed by atoms with van der Waals surface area (Å²) in [6.45, 7) is 1.89. The fraction of sp³-hybridized carbons (Fsp3) is 0.143. The molecule has 0 fully saturated rings. The first-order chi connectivity index (χ1) is 21.9. The Morgan fingerprint density at radius 1 is 0.956 bits per heavy atom. The van der Waals surface area contributed by atoms with Crippen molar-refractivity contribution < 1.29 is 28.2 Å². The van der Waals surface area contributed by atoms with Crippen molar-refractivity contribution in [1.82, 2.24) is 4.57 Å². The maximum Gasteiger partial charge on any atom is 0.338 e. The van der Waals surface area contributed by atoms with Crippen LogP contribution in [0.1, 0.15) is 40.2 Å². The van der Waals surface area contributed by atoms with Crippen molar-refractivity contribution in [3.8, 4) is 17.1 Å². The summed E-state index contributed by atoms with van der Waals surface area (Å²) >= 11 is 1.18. The molecule has 1 aliphatic rings. The average Bonchev–Trinajstić information content (AvgIpc) is 3.67. The van der Waals surface area contributed by atoms with Gasteiger partial charge in [0.05, 0.1) is 48.2 Å². The van der Waals surface area contributed by atoms with E-state index in [0.29, 0.717) is 54.6 Å². The normalized spacial score (nSPS) is 14.5. The number of rotatable bonds is 8. The molecule has 1 atom stereocenters. The average molecular weight is 621 g/mol. The molecule has 0 aliphatic carbocycles. The molecule has 0 spiro atoms. The number of carbonyl (C=O) groups is 2. The maximum atomic E-state index is 14.2. The van der Waals surface area contributed by atoms with E-state index in [9.17, 15) is 14.4 Å². The van der Waals surface area contributed by atoms with Gasteiger partial charge in [0.25, 0.3) is 5.56 Å². The van der Waals surface area contributed by atoms with Crippen molar-refractivity contribution in [1.29, 1.82) is 0 Å². The van der Waals surface area contributed by atoms with Crippen LogP contribution in [-0.2, 0) is 14.3 Å². The molecular weight excluding hydrogens is 592 g/mol. The molecule has 5 aromatic rings. The number of furan rings is 1. The second-order valence-electron chi connectivity index (χ2n) is 9.95. The van der Waals surface area contributed by atoms with Crippen LogP contribution in [-0.4, -0.2) is 37.3 Å². The van der Waals surface area contributed by atoms with Gasteiger partial charge in [0.15, 0.2) is 4.80 Å². The minimum atomic E-state index is -0.841. The molecule has 226 valence electrons. The van der Waals surface area contributed by atoms with Crippen molar-refractivity contribution >= 4 is 35.0 Å². The molecule has 0 radical (unpaired) electrons. The number of benzene rings is 3. The molecule has 0 N–H and O–H groups in total. The third-order valence-electron chi connectivity index (χ3n) is 7.28. The molecule has 2 aromatic heterocycles. The van der Waals surface area contributed by atoms with Crippen LogP contribution in [0.15, 0.2) is 111 Å². The number of esters is 2. The quantitative estimate of drug-likeness (QED) is 0.225. The lowest BCUT2D eigenvalue weighted by Gasteiger charge is -2.26. The lowest BCUT2D eigenvalue weighted by Crippen LogP contribution is -2.40. The summed E-state index contributed by atoms with van der Waals surface area (Å²) in [5.41, 5.74) is 2.62. The molecular formula is C35H28N2O7S. The highest BCUT2D eigenvalue weighted by Gasteiger charge is 2.35. The minimum Gasteiger partial charge on any atom is -0.497 e. The Hall–Kier alpha value is -5.48. The van der Waals surface area contributed by atoms with Gasteiger partial charge in [0.2, 0.25) is 0 Å². The number of ether oxygens (including phenoxy) is 3. The first kappa shape index (κ1) is 29.6. The number of fused-ring (bicyclic) bond motifs is 1. The smallest absolute Gasteiger partial charge is 0.338 e. The van der Waals surface area contributed by atoms with Gasteiger partial charge in [0.1, 0.15) is 17.3 Å². The van der Waals surface area contributed by atoms with E-state index in [1.54, 1.807) is 68.6 Å². The molecule has 0 amide bonds. The topological polar surface area (TPSA) is 109 Å². The number of nitrogens with zero attached hydrogens (tertiary/aromatic N) is 2. The summed E-state index contributed by atoms with van der Waals surface area (Å²) < 4.78 is 23.9. The largest absolute Gasteiger partial charge is 0.497 e. The maximum absolute atomic E-state index is 14.2. The first-order valence-electron chi connectivity index (χ1n) is 14.1. The Labute approximate surface area is 262 Å². The van der Waals surface area contributed by atoms with Crippen molar-refractivity contribution in [2.24, 2.45) is 4.99 Å². The zero-order valence-electron chi connectivity index (χ0n) is 24.7. The molecule has 0 saturated carbocycles. The predicted molar refractivity (Wildman–Crippen MR) is 170 cm³/mol. The van der Waals surface area contributed by atoms with Crippen molar-refractivity contribution in [2.45, 2.75) is 13.0 Å². The van der Waals surface area contributed by atoms with Crippen LogP contribution >= 0.6 is 11.3 Å². The highest BCUT2D eigenvalue weighted by Crippen LogP contribution is 2.36. The van der Waals surface area contributed by atoms with Gasteiger partial charge in [0, 0.05) is 17.2 Å². The number of hydrogen-bond donors (Lipinski definition) is 0. The van der Waals surface area contributed by atoms with Crippen LogP contribution in [0.3, 0.4) is 0 Å². The summed E-state index contributed by atoms with van der Waals surface area (Å²) in [4.78, 5) is 45.4.